The van der Waals surface area contributed by atoms with Crippen molar-refractivity contribution in [2.24, 2.45) is 0 Å². The average molecular weight is 357 g/mol. The molecular formula is C15H17ClN2O4S. The highest BCUT2D eigenvalue weighted by molar-refractivity contribution is 7.89. The third-order valence-electron chi connectivity index (χ3n) is 3.30. The Morgan fingerprint density at radius 1 is 1.26 bits per heavy atom. The molecule has 0 saturated carbocycles. The molecule has 0 aliphatic carbocycles. The number of benzene rings is 1. The summed E-state index contributed by atoms with van der Waals surface area (Å²) in [7, 11) is -2.24. The first-order valence-corrected chi connectivity index (χ1v) is 8.71. The summed E-state index contributed by atoms with van der Waals surface area (Å²) in [4.78, 5) is 12.0. The molecule has 6 nitrogen and oxygen atoms in total. The SMILES string of the molecule is COc1cc(C)n(CCNS(=O)(=O)c2ccccc2Cl)c(=O)c1. The molecule has 23 heavy (non-hydrogen) atoms. The number of hydrogen-bond donors (Lipinski definition) is 1. The van der Waals surface area contributed by atoms with Gasteiger partial charge in [-0.05, 0) is 25.1 Å². The van der Waals surface area contributed by atoms with Crippen molar-refractivity contribution in [3.63, 3.8) is 0 Å². The van der Waals surface area contributed by atoms with E-state index < -0.39 is 10.0 Å². The molecule has 0 amide bonds. The van der Waals surface area contributed by atoms with Gasteiger partial charge in [0.1, 0.15) is 10.6 Å². The Morgan fingerprint density at radius 2 is 1.96 bits per heavy atom. The number of nitrogens with one attached hydrogen (secondary N) is 1. The molecule has 0 aliphatic rings. The van der Waals surface area contributed by atoms with Crippen LogP contribution in [-0.4, -0.2) is 26.6 Å². The molecule has 8 heteroatoms. The fourth-order valence-corrected chi connectivity index (χ4v) is 3.67. The molecule has 0 bridgehead atoms. The smallest absolute Gasteiger partial charge is 0.254 e. The summed E-state index contributed by atoms with van der Waals surface area (Å²) < 4.78 is 33.4. The zero-order chi connectivity index (χ0) is 17.0. The normalized spacial score (nSPS) is 11.4. The molecule has 0 unspecified atom stereocenters. The highest BCUT2D eigenvalue weighted by atomic mass is 35.5. The lowest BCUT2D eigenvalue weighted by Gasteiger charge is -2.12. The molecule has 1 aromatic heterocycles. The molecule has 1 N–H and O–H groups in total. The zero-order valence-electron chi connectivity index (χ0n) is 12.7. The van der Waals surface area contributed by atoms with Crippen LogP contribution in [0, 0.1) is 6.92 Å². The fourth-order valence-electron chi connectivity index (χ4n) is 2.14. The average Bonchev–Trinajstić information content (AvgIpc) is 2.50. The molecule has 2 rings (SSSR count). The molecule has 124 valence electrons. The van der Waals surface area contributed by atoms with E-state index in [1.54, 1.807) is 25.1 Å². The third kappa shape index (κ3) is 4.13. The van der Waals surface area contributed by atoms with Crippen molar-refractivity contribution in [1.82, 2.24) is 9.29 Å². The maximum atomic E-state index is 12.2. The Bertz CT molecular complexity index is 862. The molecule has 0 fully saturated rings. The largest absolute Gasteiger partial charge is 0.496 e. The molecular weight excluding hydrogens is 340 g/mol. The van der Waals surface area contributed by atoms with Crippen molar-refractivity contribution in [1.29, 1.82) is 0 Å². The number of pyridine rings is 1. The van der Waals surface area contributed by atoms with Gasteiger partial charge in [0.25, 0.3) is 5.56 Å². The number of sulfonamides is 1. The summed E-state index contributed by atoms with van der Waals surface area (Å²) in [6, 6.07) is 9.25. The van der Waals surface area contributed by atoms with Crippen LogP contribution < -0.4 is 15.0 Å². The summed E-state index contributed by atoms with van der Waals surface area (Å²) in [6.45, 7) is 2.03. The highest BCUT2D eigenvalue weighted by Crippen LogP contribution is 2.19. The van der Waals surface area contributed by atoms with E-state index in [2.05, 4.69) is 4.72 Å². The van der Waals surface area contributed by atoms with Gasteiger partial charge in [0.05, 0.1) is 12.1 Å². The molecule has 0 saturated heterocycles. The van der Waals surface area contributed by atoms with Gasteiger partial charge in [-0.15, -0.1) is 0 Å². The van der Waals surface area contributed by atoms with Crippen molar-refractivity contribution in [3.05, 3.63) is 57.5 Å². The van der Waals surface area contributed by atoms with Crippen LogP contribution in [0.15, 0.2) is 46.1 Å². The lowest BCUT2D eigenvalue weighted by molar-refractivity contribution is 0.411. The van der Waals surface area contributed by atoms with Gasteiger partial charge in [-0.3, -0.25) is 4.79 Å². The van der Waals surface area contributed by atoms with Crippen LogP contribution in [0.25, 0.3) is 0 Å². The number of hydrogen-bond acceptors (Lipinski definition) is 4. The first kappa shape index (κ1) is 17.5. The lowest BCUT2D eigenvalue weighted by atomic mass is 10.3. The van der Waals surface area contributed by atoms with Gasteiger partial charge in [-0.25, -0.2) is 13.1 Å². The standard InChI is InChI=1S/C15H17ClN2O4S/c1-11-9-12(22-2)10-15(19)18(11)8-7-17-23(20,21)14-6-4-3-5-13(14)16/h3-6,9-10,17H,7-8H2,1-2H3. The van der Waals surface area contributed by atoms with Gasteiger partial charge in [0, 0.05) is 24.8 Å². The van der Waals surface area contributed by atoms with E-state index in [4.69, 9.17) is 16.3 Å². The van der Waals surface area contributed by atoms with Gasteiger partial charge in [0.15, 0.2) is 0 Å². The number of halogens is 1. The zero-order valence-corrected chi connectivity index (χ0v) is 14.3. The molecule has 0 spiro atoms. The monoisotopic (exact) mass is 356 g/mol. The van der Waals surface area contributed by atoms with Gasteiger partial charge in [-0.1, -0.05) is 23.7 Å². The maximum Gasteiger partial charge on any atom is 0.254 e. The van der Waals surface area contributed by atoms with Gasteiger partial charge < -0.3 is 9.30 Å². The summed E-state index contributed by atoms with van der Waals surface area (Å²) in [5.74, 6) is 0.473. The van der Waals surface area contributed by atoms with Crippen molar-refractivity contribution >= 4 is 21.6 Å². The van der Waals surface area contributed by atoms with Crippen molar-refractivity contribution in [3.8, 4) is 5.75 Å². The minimum Gasteiger partial charge on any atom is -0.496 e. The number of nitrogens with zero attached hydrogens (tertiary/aromatic N) is 1. The maximum absolute atomic E-state index is 12.2. The van der Waals surface area contributed by atoms with Crippen molar-refractivity contribution < 1.29 is 13.2 Å². The van der Waals surface area contributed by atoms with E-state index in [0.717, 1.165) is 0 Å². The minimum absolute atomic E-state index is 0.0143. The highest BCUT2D eigenvalue weighted by Gasteiger charge is 2.16. The number of ether oxygens (including phenoxy) is 1. The van der Waals surface area contributed by atoms with E-state index in [1.807, 2.05) is 0 Å². The molecule has 0 atom stereocenters. The van der Waals surface area contributed by atoms with Crippen LogP contribution >= 0.6 is 11.6 Å². The van der Waals surface area contributed by atoms with E-state index >= 15 is 0 Å². The minimum atomic E-state index is -3.72. The number of rotatable bonds is 6. The van der Waals surface area contributed by atoms with Crippen molar-refractivity contribution in [2.75, 3.05) is 13.7 Å². The van der Waals surface area contributed by atoms with Crippen LogP contribution in [0.3, 0.4) is 0 Å². The molecule has 0 radical (unpaired) electrons. The van der Waals surface area contributed by atoms with E-state index in [-0.39, 0.29) is 28.6 Å². The molecule has 1 heterocycles. The van der Waals surface area contributed by atoms with Gasteiger partial charge in [0.2, 0.25) is 10.0 Å². The Kier molecular flexibility index (Phi) is 5.46. The van der Waals surface area contributed by atoms with Crippen LogP contribution in [0.2, 0.25) is 5.02 Å². The predicted octanol–water partition coefficient (Wildman–Crippen LogP) is 1.80. The Hall–Kier alpha value is -1.83. The summed E-state index contributed by atoms with van der Waals surface area (Å²) >= 11 is 5.90. The molecule has 1 aromatic carbocycles. The summed E-state index contributed by atoms with van der Waals surface area (Å²) in [6.07, 6.45) is 0. The number of aryl methyl sites for hydroxylation is 1. The topological polar surface area (TPSA) is 77.4 Å². The first-order valence-electron chi connectivity index (χ1n) is 6.85. The number of aromatic nitrogens is 1. The van der Waals surface area contributed by atoms with Crippen LogP contribution in [0.4, 0.5) is 0 Å². The van der Waals surface area contributed by atoms with Gasteiger partial charge in [-0.2, -0.15) is 0 Å². The van der Waals surface area contributed by atoms with E-state index in [0.29, 0.717) is 11.4 Å². The van der Waals surface area contributed by atoms with Gasteiger partial charge >= 0.3 is 0 Å². The van der Waals surface area contributed by atoms with E-state index in [1.165, 1.54) is 29.9 Å². The van der Waals surface area contributed by atoms with Crippen molar-refractivity contribution in [2.45, 2.75) is 18.4 Å². The fraction of sp³-hybridized carbons (Fsp3) is 0.267. The Balaban J connectivity index is 2.11. The first-order chi connectivity index (χ1) is 10.8. The molecule has 0 aliphatic heterocycles. The molecule has 2 aromatic rings. The lowest BCUT2D eigenvalue weighted by Crippen LogP contribution is -2.31. The number of methoxy groups -OCH3 is 1. The second-order valence-electron chi connectivity index (χ2n) is 4.85. The van der Waals surface area contributed by atoms with Crippen LogP contribution in [-0.2, 0) is 16.6 Å². The van der Waals surface area contributed by atoms with Crippen LogP contribution in [0.5, 0.6) is 5.75 Å². The van der Waals surface area contributed by atoms with E-state index in [9.17, 15) is 13.2 Å². The van der Waals surface area contributed by atoms with Crippen LogP contribution in [0.1, 0.15) is 5.69 Å². The predicted molar refractivity (Wildman–Crippen MR) is 88.6 cm³/mol. The third-order valence-corrected chi connectivity index (χ3v) is 5.26. The summed E-state index contributed by atoms with van der Waals surface area (Å²) in [5.41, 5.74) is 0.435. The quantitative estimate of drug-likeness (QED) is 0.856. The Labute approximate surface area is 139 Å². The second-order valence-corrected chi connectivity index (χ2v) is 7.00. The summed E-state index contributed by atoms with van der Waals surface area (Å²) in [5, 5.41) is 0.151. The second kappa shape index (κ2) is 7.16. The Morgan fingerprint density at radius 3 is 2.57 bits per heavy atom.